The van der Waals surface area contributed by atoms with Crippen LogP contribution < -0.4 is 5.32 Å². The van der Waals surface area contributed by atoms with Gasteiger partial charge in [0.15, 0.2) is 0 Å². The van der Waals surface area contributed by atoms with Crippen molar-refractivity contribution in [3.05, 3.63) is 78.4 Å². The Morgan fingerprint density at radius 3 is 2.33 bits per heavy atom. The third-order valence-corrected chi connectivity index (χ3v) is 4.27. The van der Waals surface area contributed by atoms with Crippen molar-refractivity contribution in [3.63, 3.8) is 0 Å². The van der Waals surface area contributed by atoms with E-state index in [-0.39, 0.29) is 6.04 Å². The van der Waals surface area contributed by atoms with Crippen LogP contribution in [-0.4, -0.2) is 21.2 Å². The van der Waals surface area contributed by atoms with Crippen LogP contribution in [0.1, 0.15) is 30.5 Å². The zero-order valence-corrected chi connectivity index (χ0v) is 14.1. The number of hydrogen-bond donors (Lipinski definition) is 2. The second-order valence-corrected chi connectivity index (χ2v) is 6.03. The molecule has 2 atom stereocenters. The SMILES string of the molecule is CC(NCC(O)c1ccc(-c2ccccc2)cc1)c1nccn1C. The fourth-order valence-corrected chi connectivity index (χ4v) is 2.82. The van der Waals surface area contributed by atoms with Gasteiger partial charge in [0.25, 0.3) is 0 Å². The molecule has 2 unspecified atom stereocenters. The van der Waals surface area contributed by atoms with Crippen molar-refractivity contribution in [3.8, 4) is 11.1 Å². The van der Waals surface area contributed by atoms with E-state index in [0.29, 0.717) is 6.54 Å². The lowest BCUT2D eigenvalue weighted by Gasteiger charge is -2.17. The van der Waals surface area contributed by atoms with Crippen molar-refractivity contribution >= 4 is 0 Å². The average Bonchev–Trinajstić information content (AvgIpc) is 3.06. The largest absolute Gasteiger partial charge is 0.387 e. The van der Waals surface area contributed by atoms with Crippen LogP contribution in [0.25, 0.3) is 11.1 Å². The third kappa shape index (κ3) is 3.72. The second-order valence-electron chi connectivity index (χ2n) is 6.03. The molecule has 4 nitrogen and oxygen atoms in total. The molecule has 2 N–H and O–H groups in total. The molecule has 1 aromatic heterocycles. The van der Waals surface area contributed by atoms with Crippen LogP contribution in [0.5, 0.6) is 0 Å². The molecule has 0 aliphatic rings. The summed E-state index contributed by atoms with van der Waals surface area (Å²) in [6.45, 7) is 2.53. The first kappa shape index (κ1) is 16.4. The van der Waals surface area contributed by atoms with Gasteiger partial charge in [-0.3, -0.25) is 0 Å². The zero-order chi connectivity index (χ0) is 16.9. The Morgan fingerprint density at radius 1 is 1.04 bits per heavy atom. The minimum atomic E-state index is -0.544. The number of imidazole rings is 1. The van der Waals surface area contributed by atoms with E-state index in [9.17, 15) is 5.11 Å². The molecule has 3 rings (SSSR count). The number of aliphatic hydroxyl groups is 1. The lowest BCUT2D eigenvalue weighted by atomic mass is 10.0. The summed E-state index contributed by atoms with van der Waals surface area (Å²) < 4.78 is 1.98. The minimum absolute atomic E-state index is 0.0863. The Labute approximate surface area is 142 Å². The first-order valence-electron chi connectivity index (χ1n) is 8.19. The molecule has 2 aromatic carbocycles. The summed E-state index contributed by atoms with van der Waals surface area (Å²) >= 11 is 0. The average molecular weight is 321 g/mol. The Hall–Kier alpha value is -2.43. The van der Waals surface area contributed by atoms with Gasteiger partial charge >= 0.3 is 0 Å². The lowest BCUT2D eigenvalue weighted by molar-refractivity contribution is 0.170. The number of benzene rings is 2. The minimum Gasteiger partial charge on any atom is -0.387 e. The van der Waals surface area contributed by atoms with E-state index in [1.165, 1.54) is 5.56 Å². The van der Waals surface area contributed by atoms with E-state index >= 15 is 0 Å². The first-order valence-corrected chi connectivity index (χ1v) is 8.19. The smallest absolute Gasteiger partial charge is 0.125 e. The summed E-state index contributed by atoms with van der Waals surface area (Å²) in [4.78, 5) is 4.33. The van der Waals surface area contributed by atoms with Crippen molar-refractivity contribution < 1.29 is 5.11 Å². The van der Waals surface area contributed by atoms with Gasteiger partial charge in [0.2, 0.25) is 0 Å². The molecule has 0 bridgehead atoms. The van der Waals surface area contributed by atoms with Crippen LogP contribution in [0.15, 0.2) is 67.0 Å². The predicted molar refractivity (Wildman–Crippen MR) is 96.5 cm³/mol. The van der Waals surface area contributed by atoms with Crippen LogP contribution >= 0.6 is 0 Å². The first-order chi connectivity index (χ1) is 11.6. The number of aryl methyl sites for hydroxylation is 1. The molecule has 3 aromatic rings. The fraction of sp³-hybridized carbons (Fsp3) is 0.250. The van der Waals surface area contributed by atoms with Crippen molar-refractivity contribution in [2.75, 3.05) is 6.54 Å². The van der Waals surface area contributed by atoms with E-state index in [4.69, 9.17) is 0 Å². The molecule has 0 aliphatic heterocycles. The molecule has 0 radical (unpaired) electrons. The van der Waals surface area contributed by atoms with E-state index in [0.717, 1.165) is 17.0 Å². The van der Waals surface area contributed by atoms with E-state index < -0.39 is 6.10 Å². The Balaban J connectivity index is 1.61. The maximum absolute atomic E-state index is 10.4. The summed E-state index contributed by atoms with van der Waals surface area (Å²) in [6.07, 6.45) is 3.16. The number of nitrogens with one attached hydrogen (secondary N) is 1. The number of nitrogens with zero attached hydrogens (tertiary/aromatic N) is 2. The van der Waals surface area contributed by atoms with Crippen LogP contribution in [0.3, 0.4) is 0 Å². The van der Waals surface area contributed by atoms with Gasteiger partial charge in [-0.2, -0.15) is 0 Å². The lowest BCUT2D eigenvalue weighted by Crippen LogP contribution is -2.26. The van der Waals surface area contributed by atoms with Gasteiger partial charge in [-0.25, -0.2) is 4.98 Å². The number of aliphatic hydroxyl groups excluding tert-OH is 1. The highest BCUT2D eigenvalue weighted by atomic mass is 16.3. The van der Waals surface area contributed by atoms with Crippen LogP contribution in [0.2, 0.25) is 0 Å². The number of aromatic nitrogens is 2. The third-order valence-electron chi connectivity index (χ3n) is 4.27. The monoisotopic (exact) mass is 321 g/mol. The second kappa shape index (κ2) is 7.43. The van der Waals surface area contributed by atoms with E-state index in [1.807, 2.05) is 55.1 Å². The number of hydrogen-bond acceptors (Lipinski definition) is 3. The summed E-state index contributed by atoms with van der Waals surface area (Å²) in [5.74, 6) is 0.960. The van der Waals surface area contributed by atoms with Gasteiger partial charge in [-0.1, -0.05) is 54.6 Å². The Bertz CT molecular complexity index is 765. The molecular weight excluding hydrogens is 298 g/mol. The van der Waals surface area contributed by atoms with E-state index in [1.54, 1.807) is 6.20 Å². The predicted octanol–water partition coefficient (Wildman–Crippen LogP) is 3.47. The molecule has 24 heavy (non-hydrogen) atoms. The topological polar surface area (TPSA) is 50.1 Å². The van der Waals surface area contributed by atoms with Crippen molar-refractivity contribution in [1.82, 2.24) is 14.9 Å². The zero-order valence-electron chi connectivity index (χ0n) is 14.1. The van der Waals surface area contributed by atoms with Crippen molar-refractivity contribution in [2.45, 2.75) is 19.1 Å². The molecule has 4 heteroatoms. The van der Waals surface area contributed by atoms with Gasteiger partial charge in [0.1, 0.15) is 5.82 Å². The molecular formula is C20H23N3O. The molecule has 0 saturated heterocycles. The quantitative estimate of drug-likeness (QED) is 0.731. The maximum atomic E-state index is 10.4. The maximum Gasteiger partial charge on any atom is 0.125 e. The molecule has 0 spiro atoms. The van der Waals surface area contributed by atoms with Crippen LogP contribution in [0, 0.1) is 0 Å². The standard InChI is InChI=1S/C20H23N3O/c1-15(20-21-12-13-23(20)2)22-14-19(24)18-10-8-17(9-11-18)16-6-4-3-5-7-16/h3-13,15,19,22,24H,14H2,1-2H3. The summed E-state index contributed by atoms with van der Waals surface area (Å²) in [5.41, 5.74) is 3.25. The molecule has 1 heterocycles. The van der Waals surface area contributed by atoms with Gasteiger partial charge in [-0.15, -0.1) is 0 Å². The fourth-order valence-electron chi connectivity index (χ4n) is 2.82. The summed E-state index contributed by atoms with van der Waals surface area (Å²) in [5, 5.41) is 13.7. The Morgan fingerprint density at radius 2 is 1.71 bits per heavy atom. The van der Waals surface area contributed by atoms with Gasteiger partial charge in [0.05, 0.1) is 12.1 Å². The summed E-state index contributed by atoms with van der Waals surface area (Å²) in [7, 11) is 1.97. The molecule has 0 amide bonds. The van der Waals surface area contributed by atoms with Gasteiger partial charge in [0, 0.05) is 26.0 Å². The molecule has 124 valence electrons. The van der Waals surface area contributed by atoms with Gasteiger partial charge in [-0.05, 0) is 23.6 Å². The van der Waals surface area contributed by atoms with Gasteiger partial charge < -0.3 is 15.0 Å². The highest BCUT2D eigenvalue weighted by Crippen LogP contribution is 2.22. The van der Waals surface area contributed by atoms with E-state index in [2.05, 4.69) is 34.6 Å². The highest BCUT2D eigenvalue weighted by Gasteiger charge is 2.13. The van der Waals surface area contributed by atoms with Crippen molar-refractivity contribution in [1.29, 1.82) is 0 Å². The van der Waals surface area contributed by atoms with Crippen LogP contribution in [-0.2, 0) is 7.05 Å². The molecule has 0 fully saturated rings. The molecule has 0 saturated carbocycles. The van der Waals surface area contributed by atoms with Crippen LogP contribution in [0.4, 0.5) is 0 Å². The Kier molecular flexibility index (Phi) is 5.08. The number of rotatable bonds is 6. The highest BCUT2D eigenvalue weighted by molar-refractivity contribution is 5.63. The molecule has 0 aliphatic carbocycles. The normalized spacial score (nSPS) is 13.6. The van der Waals surface area contributed by atoms with Crippen molar-refractivity contribution in [2.24, 2.45) is 7.05 Å². The summed E-state index contributed by atoms with van der Waals surface area (Å²) in [6, 6.07) is 18.4.